The molecule has 1 unspecified atom stereocenters. The van der Waals surface area contributed by atoms with E-state index in [4.69, 9.17) is 10.5 Å². The highest BCUT2D eigenvalue weighted by Crippen LogP contribution is 2.31. The van der Waals surface area contributed by atoms with Gasteiger partial charge in [-0.05, 0) is 30.4 Å². The van der Waals surface area contributed by atoms with Gasteiger partial charge in [0.25, 0.3) is 0 Å². The van der Waals surface area contributed by atoms with Crippen molar-refractivity contribution in [1.82, 2.24) is 0 Å². The summed E-state index contributed by atoms with van der Waals surface area (Å²) in [7, 11) is 1.71. The number of ether oxygens (including phenoxy) is 1. The fraction of sp³-hybridized carbons (Fsp3) is 0.600. The second-order valence-corrected chi connectivity index (χ2v) is 4.18. The van der Waals surface area contributed by atoms with Gasteiger partial charge in [-0.2, -0.15) is 0 Å². The number of rotatable bonds is 4. The topological polar surface area (TPSA) is 35.2 Å². The molecule has 0 amide bonds. The van der Waals surface area contributed by atoms with Crippen LogP contribution in [0.1, 0.15) is 24.3 Å². The molecule has 0 saturated carbocycles. The molecule has 0 aliphatic carbocycles. The maximum absolute atomic E-state index is 5.71. The molecule has 0 radical (unpaired) electrons. The van der Waals surface area contributed by atoms with Crippen molar-refractivity contribution in [3.8, 4) is 0 Å². The zero-order valence-corrected chi connectivity index (χ0v) is 9.28. The van der Waals surface area contributed by atoms with Gasteiger partial charge in [-0.3, -0.25) is 0 Å². The standard InChI is InChI=1S/C10H17NOS/c1-4-8-5-6-13-9(8)10(2,7-11)12-3/h5-6H,4,7,11H2,1-3H3. The molecule has 1 aromatic heterocycles. The molecular formula is C10H17NOS. The van der Waals surface area contributed by atoms with E-state index in [2.05, 4.69) is 18.4 Å². The molecule has 2 nitrogen and oxygen atoms in total. The molecule has 13 heavy (non-hydrogen) atoms. The van der Waals surface area contributed by atoms with E-state index in [1.165, 1.54) is 10.4 Å². The largest absolute Gasteiger partial charge is 0.372 e. The van der Waals surface area contributed by atoms with Crippen LogP contribution in [0, 0.1) is 0 Å². The Morgan fingerprint density at radius 1 is 1.62 bits per heavy atom. The lowest BCUT2D eigenvalue weighted by atomic mass is 10.00. The summed E-state index contributed by atoms with van der Waals surface area (Å²) in [5.41, 5.74) is 6.76. The van der Waals surface area contributed by atoms with Gasteiger partial charge in [0.2, 0.25) is 0 Å². The fourth-order valence-corrected chi connectivity index (χ4v) is 2.50. The summed E-state index contributed by atoms with van der Waals surface area (Å²) in [4.78, 5) is 1.26. The summed E-state index contributed by atoms with van der Waals surface area (Å²) in [5.74, 6) is 0. The van der Waals surface area contributed by atoms with E-state index in [0.29, 0.717) is 6.54 Å². The van der Waals surface area contributed by atoms with E-state index in [-0.39, 0.29) is 5.60 Å². The Hall–Kier alpha value is -0.380. The summed E-state index contributed by atoms with van der Waals surface area (Å²) >= 11 is 1.73. The molecule has 1 aromatic rings. The lowest BCUT2D eigenvalue weighted by Crippen LogP contribution is -2.33. The molecule has 0 bridgehead atoms. The molecule has 0 aliphatic heterocycles. The van der Waals surface area contributed by atoms with E-state index >= 15 is 0 Å². The van der Waals surface area contributed by atoms with E-state index in [0.717, 1.165) is 6.42 Å². The van der Waals surface area contributed by atoms with Gasteiger partial charge < -0.3 is 10.5 Å². The van der Waals surface area contributed by atoms with Crippen LogP contribution in [0.15, 0.2) is 11.4 Å². The molecule has 74 valence electrons. The summed E-state index contributed by atoms with van der Waals surface area (Å²) < 4.78 is 5.46. The molecule has 1 rings (SSSR count). The monoisotopic (exact) mass is 199 g/mol. The number of hydrogen-bond acceptors (Lipinski definition) is 3. The third-order valence-electron chi connectivity index (χ3n) is 2.45. The van der Waals surface area contributed by atoms with Gasteiger partial charge in [0.15, 0.2) is 0 Å². The Morgan fingerprint density at radius 2 is 2.31 bits per heavy atom. The van der Waals surface area contributed by atoms with Crippen LogP contribution in [0.4, 0.5) is 0 Å². The minimum atomic E-state index is -0.306. The van der Waals surface area contributed by atoms with Crippen molar-refractivity contribution in [1.29, 1.82) is 0 Å². The van der Waals surface area contributed by atoms with Gasteiger partial charge in [-0.1, -0.05) is 6.92 Å². The minimum absolute atomic E-state index is 0.306. The smallest absolute Gasteiger partial charge is 0.111 e. The molecule has 0 fully saturated rings. The lowest BCUT2D eigenvalue weighted by molar-refractivity contribution is 0.0126. The molecule has 0 aliphatic rings. The third-order valence-corrected chi connectivity index (χ3v) is 3.65. The number of nitrogens with two attached hydrogens (primary N) is 1. The summed E-state index contributed by atoms with van der Waals surface area (Å²) in [6.07, 6.45) is 1.04. The van der Waals surface area contributed by atoms with Crippen molar-refractivity contribution in [3.63, 3.8) is 0 Å². The molecule has 1 heterocycles. The Kier molecular flexibility index (Phi) is 3.47. The maximum atomic E-state index is 5.71. The van der Waals surface area contributed by atoms with Gasteiger partial charge in [-0.25, -0.2) is 0 Å². The summed E-state index contributed by atoms with van der Waals surface area (Å²) in [6, 6.07) is 2.15. The predicted molar refractivity (Wildman–Crippen MR) is 57.1 cm³/mol. The first kappa shape index (κ1) is 10.7. The second kappa shape index (κ2) is 4.22. The van der Waals surface area contributed by atoms with Crippen LogP contribution >= 0.6 is 11.3 Å². The van der Waals surface area contributed by atoms with Crippen LogP contribution in [0.3, 0.4) is 0 Å². The number of aryl methyl sites for hydroxylation is 1. The van der Waals surface area contributed by atoms with Gasteiger partial charge in [0.05, 0.1) is 0 Å². The van der Waals surface area contributed by atoms with Crippen LogP contribution in [0.5, 0.6) is 0 Å². The van der Waals surface area contributed by atoms with Crippen molar-refractivity contribution in [2.45, 2.75) is 25.9 Å². The van der Waals surface area contributed by atoms with Crippen LogP contribution in [-0.4, -0.2) is 13.7 Å². The lowest BCUT2D eigenvalue weighted by Gasteiger charge is -2.26. The van der Waals surface area contributed by atoms with Gasteiger partial charge >= 0.3 is 0 Å². The molecule has 1 atom stereocenters. The highest BCUT2D eigenvalue weighted by Gasteiger charge is 2.27. The van der Waals surface area contributed by atoms with Crippen molar-refractivity contribution in [3.05, 3.63) is 21.9 Å². The first-order chi connectivity index (χ1) is 6.18. The van der Waals surface area contributed by atoms with Gasteiger partial charge in [-0.15, -0.1) is 11.3 Å². The van der Waals surface area contributed by atoms with E-state index in [1.54, 1.807) is 18.4 Å². The van der Waals surface area contributed by atoms with E-state index < -0.39 is 0 Å². The van der Waals surface area contributed by atoms with Crippen molar-refractivity contribution < 1.29 is 4.74 Å². The van der Waals surface area contributed by atoms with Gasteiger partial charge in [0, 0.05) is 18.5 Å². The maximum Gasteiger partial charge on any atom is 0.111 e. The summed E-state index contributed by atoms with van der Waals surface area (Å²) in [6.45, 7) is 4.72. The first-order valence-corrected chi connectivity index (χ1v) is 5.38. The Morgan fingerprint density at radius 3 is 2.77 bits per heavy atom. The number of methoxy groups -OCH3 is 1. The van der Waals surface area contributed by atoms with Crippen molar-refractivity contribution in [2.75, 3.05) is 13.7 Å². The predicted octanol–water partition coefficient (Wildman–Crippen LogP) is 2.13. The van der Waals surface area contributed by atoms with Crippen molar-refractivity contribution in [2.24, 2.45) is 5.73 Å². The number of thiophene rings is 1. The highest BCUT2D eigenvalue weighted by molar-refractivity contribution is 7.10. The zero-order valence-electron chi connectivity index (χ0n) is 8.46. The van der Waals surface area contributed by atoms with Crippen LogP contribution < -0.4 is 5.73 Å². The SMILES string of the molecule is CCc1ccsc1C(C)(CN)OC. The van der Waals surface area contributed by atoms with E-state index in [1.807, 2.05) is 6.92 Å². The average molecular weight is 199 g/mol. The van der Waals surface area contributed by atoms with Gasteiger partial charge in [0.1, 0.15) is 5.60 Å². The normalized spacial score (nSPS) is 15.7. The Balaban J connectivity index is 3.03. The molecule has 2 N–H and O–H groups in total. The Bertz CT molecular complexity index is 266. The van der Waals surface area contributed by atoms with Crippen LogP contribution in [0.25, 0.3) is 0 Å². The molecule has 3 heteroatoms. The quantitative estimate of drug-likeness (QED) is 0.806. The molecule has 0 aromatic carbocycles. The molecular weight excluding hydrogens is 182 g/mol. The second-order valence-electron chi connectivity index (χ2n) is 3.27. The van der Waals surface area contributed by atoms with Crippen molar-refractivity contribution >= 4 is 11.3 Å². The highest BCUT2D eigenvalue weighted by atomic mass is 32.1. The third kappa shape index (κ3) is 1.93. The minimum Gasteiger partial charge on any atom is -0.372 e. The number of hydrogen-bond donors (Lipinski definition) is 1. The van der Waals surface area contributed by atoms with E-state index in [9.17, 15) is 0 Å². The average Bonchev–Trinajstić information content (AvgIpc) is 2.65. The first-order valence-electron chi connectivity index (χ1n) is 4.50. The fourth-order valence-electron chi connectivity index (χ4n) is 1.35. The van der Waals surface area contributed by atoms with Crippen LogP contribution in [-0.2, 0) is 16.8 Å². The van der Waals surface area contributed by atoms with Crippen LogP contribution in [0.2, 0.25) is 0 Å². The molecule has 0 saturated heterocycles. The Labute approximate surface area is 83.7 Å². The molecule has 0 spiro atoms. The zero-order chi connectivity index (χ0) is 9.90. The summed E-state index contributed by atoms with van der Waals surface area (Å²) in [5, 5.41) is 2.10.